The number of nitrogen functional groups attached to an aromatic ring is 1. The van der Waals surface area contributed by atoms with Gasteiger partial charge in [0.15, 0.2) is 0 Å². The van der Waals surface area contributed by atoms with E-state index in [1.165, 1.54) is 12.3 Å². The van der Waals surface area contributed by atoms with Gasteiger partial charge < -0.3 is 20.8 Å². The third-order valence-electron chi connectivity index (χ3n) is 2.70. The number of nitrogens with two attached hydrogens (primary N) is 1. The van der Waals surface area contributed by atoms with E-state index in [1.807, 2.05) is 11.9 Å². The van der Waals surface area contributed by atoms with Crippen LogP contribution in [0.4, 0.5) is 11.5 Å². The van der Waals surface area contributed by atoms with E-state index in [0.717, 1.165) is 19.3 Å². The summed E-state index contributed by atoms with van der Waals surface area (Å²) < 4.78 is 0. The van der Waals surface area contributed by atoms with E-state index in [0.29, 0.717) is 12.2 Å². The molecule has 0 saturated carbocycles. The van der Waals surface area contributed by atoms with Gasteiger partial charge >= 0.3 is 5.97 Å². The number of carbonyl (C=O) groups is 1. The summed E-state index contributed by atoms with van der Waals surface area (Å²) in [5.41, 5.74) is 6.20. The van der Waals surface area contributed by atoms with Gasteiger partial charge in [0.05, 0.1) is 17.4 Å². The topological polar surface area (TPSA) is 99.7 Å². The Balaban J connectivity index is 2.72. The second-order valence-corrected chi connectivity index (χ2v) is 4.14. The first-order chi connectivity index (χ1) is 8.56. The Kier molecular flexibility index (Phi) is 5.38. The van der Waals surface area contributed by atoms with E-state index in [-0.39, 0.29) is 18.0 Å². The van der Waals surface area contributed by atoms with E-state index >= 15 is 0 Å². The highest BCUT2D eigenvalue weighted by Crippen LogP contribution is 2.20. The zero-order chi connectivity index (χ0) is 13.5. The van der Waals surface area contributed by atoms with Crippen molar-refractivity contribution in [1.29, 1.82) is 0 Å². The molecule has 0 fully saturated rings. The molecule has 18 heavy (non-hydrogen) atoms. The van der Waals surface area contributed by atoms with Crippen LogP contribution in [0.2, 0.25) is 0 Å². The highest BCUT2D eigenvalue weighted by molar-refractivity contribution is 5.95. The molecular formula is C12H19N3O3. The molecule has 6 nitrogen and oxygen atoms in total. The molecule has 0 atom stereocenters. The van der Waals surface area contributed by atoms with Crippen molar-refractivity contribution < 1.29 is 15.0 Å². The zero-order valence-corrected chi connectivity index (χ0v) is 10.5. The summed E-state index contributed by atoms with van der Waals surface area (Å²) >= 11 is 0. The maximum Gasteiger partial charge on any atom is 0.338 e. The lowest BCUT2D eigenvalue weighted by Gasteiger charge is -2.20. The van der Waals surface area contributed by atoms with Crippen LogP contribution in [0.25, 0.3) is 0 Å². The molecule has 0 aliphatic rings. The number of aromatic carboxylic acids is 1. The Bertz CT molecular complexity index is 410. The molecular weight excluding hydrogens is 234 g/mol. The molecule has 0 saturated heterocycles. The van der Waals surface area contributed by atoms with Gasteiger partial charge in [-0.15, -0.1) is 0 Å². The Hall–Kier alpha value is -1.82. The minimum absolute atomic E-state index is 0.159. The smallest absolute Gasteiger partial charge is 0.338 e. The number of carboxylic acid groups (broad SMARTS) is 1. The van der Waals surface area contributed by atoms with Crippen molar-refractivity contribution in [3.8, 4) is 0 Å². The minimum Gasteiger partial charge on any atom is -0.478 e. The van der Waals surface area contributed by atoms with Crippen LogP contribution in [-0.2, 0) is 0 Å². The lowest BCUT2D eigenvalue weighted by Crippen LogP contribution is -2.21. The van der Waals surface area contributed by atoms with Gasteiger partial charge in [-0.1, -0.05) is 0 Å². The fourth-order valence-corrected chi connectivity index (χ4v) is 1.70. The van der Waals surface area contributed by atoms with Crippen LogP contribution in [0.3, 0.4) is 0 Å². The number of aliphatic hydroxyl groups excluding tert-OH is 1. The number of hydrogen-bond acceptors (Lipinski definition) is 5. The molecule has 6 heteroatoms. The summed E-state index contributed by atoms with van der Waals surface area (Å²) in [6.45, 7) is 0.902. The molecule has 0 spiro atoms. The van der Waals surface area contributed by atoms with Gasteiger partial charge in [0.2, 0.25) is 0 Å². The van der Waals surface area contributed by atoms with Crippen molar-refractivity contribution >= 4 is 17.5 Å². The molecule has 1 rings (SSSR count). The number of rotatable bonds is 7. The van der Waals surface area contributed by atoms with Gasteiger partial charge in [0.25, 0.3) is 0 Å². The molecule has 0 aliphatic heterocycles. The summed E-state index contributed by atoms with van der Waals surface area (Å²) in [4.78, 5) is 16.9. The van der Waals surface area contributed by atoms with Crippen LogP contribution in [0.1, 0.15) is 29.6 Å². The predicted octanol–water partition coefficient (Wildman–Crippen LogP) is 0.961. The summed E-state index contributed by atoms with van der Waals surface area (Å²) in [5, 5.41) is 17.8. The Morgan fingerprint density at radius 2 is 2.17 bits per heavy atom. The van der Waals surface area contributed by atoms with E-state index in [9.17, 15) is 4.79 Å². The molecule has 4 N–H and O–H groups in total. The number of anilines is 2. The second kappa shape index (κ2) is 6.80. The fraction of sp³-hybridized carbons (Fsp3) is 0.500. The normalized spacial score (nSPS) is 10.3. The summed E-state index contributed by atoms with van der Waals surface area (Å²) in [6.07, 6.45) is 4.04. The van der Waals surface area contributed by atoms with Gasteiger partial charge in [0, 0.05) is 20.2 Å². The lowest BCUT2D eigenvalue weighted by atomic mass is 10.2. The van der Waals surface area contributed by atoms with E-state index in [2.05, 4.69) is 4.98 Å². The number of aliphatic hydroxyl groups is 1. The molecule has 0 radical (unpaired) electrons. The third-order valence-corrected chi connectivity index (χ3v) is 2.70. The van der Waals surface area contributed by atoms with Crippen molar-refractivity contribution in [2.45, 2.75) is 19.3 Å². The number of carboxylic acids is 1. The standard InChI is InChI=1S/C12H19N3O3/c1-15(5-3-2-4-6-16)10-8-14-11(13)7-9(10)12(17)18/h7-8,16H,2-6H2,1H3,(H2,13,14)(H,17,18). The molecule has 1 aromatic rings. The van der Waals surface area contributed by atoms with Crippen molar-refractivity contribution in [2.75, 3.05) is 30.8 Å². The summed E-state index contributed by atoms with van der Waals surface area (Å²) in [5.74, 6) is -0.814. The van der Waals surface area contributed by atoms with E-state index in [4.69, 9.17) is 15.9 Å². The maximum absolute atomic E-state index is 11.1. The van der Waals surface area contributed by atoms with E-state index in [1.54, 1.807) is 0 Å². The van der Waals surface area contributed by atoms with Crippen molar-refractivity contribution in [2.24, 2.45) is 0 Å². The first kappa shape index (κ1) is 14.2. The monoisotopic (exact) mass is 253 g/mol. The maximum atomic E-state index is 11.1. The van der Waals surface area contributed by atoms with Crippen molar-refractivity contribution in [3.63, 3.8) is 0 Å². The van der Waals surface area contributed by atoms with Gasteiger partial charge in [-0.3, -0.25) is 0 Å². The van der Waals surface area contributed by atoms with Crippen LogP contribution < -0.4 is 10.6 Å². The fourth-order valence-electron chi connectivity index (χ4n) is 1.70. The first-order valence-electron chi connectivity index (χ1n) is 5.87. The van der Waals surface area contributed by atoms with E-state index < -0.39 is 5.97 Å². The quantitative estimate of drug-likeness (QED) is 0.626. The van der Waals surface area contributed by atoms with Crippen LogP contribution >= 0.6 is 0 Å². The van der Waals surface area contributed by atoms with Crippen LogP contribution in [-0.4, -0.2) is 41.4 Å². The largest absolute Gasteiger partial charge is 0.478 e. The average molecular weight is 253 g/mol. The highest BCUT2D eigenvalue weighted by Gasteiger charge is 2.14. The predicted molar refractivity (Wildman–Crippen MR) is 69.8 cm³/mol. The van der Waals surface area contributed by atoms with Gasteiger partial charge in [-0.2, -0.15) is 0 Å². The Labute approximate surface area is 106 Å². The molecule has 0 bridgehead atoms. The van der Waals surface area contributed by atoms with Gasteiger partial charge in [-0.05, 0) is 25.3 Å². The number of pyridine rings is 1. The number of hydrogen-bond donors (Lipinski definition) is 3. The average Bonchev–Trinajstić information content (AvgIpc) is 2.34. The molecule has 0 aliphatic carbocycles. The van der Waals surface area contributed by atoms with Crippen LogP contribution in [0.15, 0.2) is 12.3 Å². The van der Waals surface area contributed by atoms with Crippen molar-refractivity contribution in [3.05, 3.63) is 17.8 Å². The molecule has 0 unspecified atom stereocenters. The van der Waals surface area contributed by atoms with Gasteiger partial charge in [-0.25, -0.2) is 9.78 Å². The second-order valence-electron chi connectivity index (χ2n) is 4.14. The molecule has 0 aromatic carbocycles. The summed E-state index contributed by atoms with van der Waals surface area (Å²) in [7, 11) is 1.82. The van der Waals surface area contributed by atoms with Crippen LogP contribution in [0, 0.1) is 0 Å². The Morgan fingerprint density at radius 3 is 2.78 bits per heavy atom. The zero-order valence-electron chi connectivity index (χ0n) is 10.5. The molecule has 0 amide bonds. The van der Waals surface area contributed by atoms with Gasteiger partial charge in [0.1, 0.15) is 5.82 Å². The summed E-state index contributed by atoms with van der Waals surface area (Å²) in [6, 6.07) is 1.36. The lowest BCUT2D eigenvalue weighted by molar-refractivity contribution is 0.0697. The SMILES string of the molecule is CN(CCCCCO)c1cnc(N)cc1C(=O)O. The Morgan fingerprint density at radius 1 is 1.44 bits per heavy atom. The van der Waals surface area contributed by atoms with Crippen LogP contribution in [0.5, 0.6) is 0 Å². The number of nitrogens with zero attached hydrogens (tertiary/aromatic N) is 2. The third kappa shape index (κ3) is 3.89. The molecule has 1 heterocycles. The highest BCUT2D eigenvalue weighted by atomic mass is 16.4. The van der Waals surface area contributed by atoms with Crippen molar-refractivity contribution in [1.82, 2.24) is 4.98 Å². The first-order valence-corrected chi connectivity index (χ1v) is 5.87. The molecule has 100 valence electrons. The minimum atomic E-state index is -1.01. The number of unbranched alkanes of at least 4 members (excludes halogenated alkanes) is 2. The molecule has 1 aromatic heterocycles. The number of aromatic nitrogens is 1.